The highest BCUT2D eigenvalue weighted by atomic mass is 19.3. The van der Waals surface area contributed by atoms with E-state index in [9.17, 15) is 23.5 Å². The Kier molecular flexibility index (Phi) is 6.71. The highest BCUT2D eigenvalue weighted by Crippen LogP contribution is 2.40. The van der Waals surface area contributed by atoms with Gasteiger partial charge < -0.3 is 20.2 Å². The van der Waals surface area contributed by atoms with Crippen molar-refractivity contribution in [1.82, 2.24) is 30.1 Å². The Bertz CT molecular complexity index is 913. The Morgan fingerprint density at radius 1 is 1.29 bits per heavy atom. The zero-order valence-electron chi connectivity index (χ0n) is 20.4. The predicted octanol–water partition coefficient (Wildman–Crippen LogP) is 1.41. The zero-order valence-corrected chi connectivity index (χ0v) is 20.4. The molecule has 0 bridgehead atoms. The van der Waals surface area contributed by atoms with Gasteiger partial charge in [-0.15, -0.1) is 5.10 Å². The lowest BCUT2D eigenvalue weighted by molar-refractivity contribution is -0.144. The molecule has 1 unspecified atom stereocenters. The number of aliphatic hydroxyl groups excluding tert-OH is 1. The Balaban J connectivity index is 1.48. The van der Waals surface area contributed by atoms with Gasteiger partial charge in [-0.1, -0.05) is 26.0 Å². The fraction of sp³-hybridized carbons (Fsp3) is 0.826. The molecule has 11 heteroatoms. The number of rotatable bonds is 6. The number of likely N-dealkylation sites (tertiary alicyclic amines) is 2. The number of piperidine rings is 1. The van der Waals surface area contributed by atoms with Crippen LogP contribution in [0.3, 0.4) is 0 Å². The topological polar surface area (TPSA) is 104 Å². The minimum atomic E-state index is -2.85. The molecule has 2 saturated heterocycles. The van der Waals surface area contributed by atoms with Gasteiger partial charge in [-0.05, 0) is 25.3 Å². The monoisotopic (exact) mass is 482 g/mol. The summed E-state index contributed by atoms with van der Waals surface area (Å²) in [5.74, 6) is -4.32. The van der Waals surface area contributed by atoms with Crippen molar-refractivity contribution in [3.8, 4) is 0 Å². The summed E-state index contributed by atoms with van der Waals surface area (Å²) in [6.45, 7) is 6.07. The van der Waals surface area contributed by atoms with Crippen molar-refractivity contribution in [3.63, 3.8) is 0 Å². The molecule has 0 spiro atoms. The van der Waals surface area contributed by atoms with Gasteiger partial charge in [-0.3, -0.25) is 9.59 Å². The van der Waals surface area contributed by atoms with E-state index >= 15 is 0 Å². The molecular formula is C23H36F2N6O3. The number of β-amino-alcohol motifs (C(OH)–C–C–N with tert-alkyl or cyclic N) is 1. The molecule has 2 aliphatic heterocycles. The summed E-state index contributed by atoms with van der Waals surface area (Å²) in [5.41, 5.74) is 0.325. The molecule has 1 aromatic rings. The highest BCUT2D eigenvalue weighted by molar-refractivity contribution is 5.90. The molecule has 34 heavy (non-hydrogen) atoms. The molecule has 3 fully saturated rings. The van der Waals surface area contributed by atoms with E-state index in [0.29, 0.717) is 12.5 Å². The van der Waals surface area contributed by atoms with Crippen molar-refractivity contribution in [2.75, 3.05) is 33.2 Å². The van der Waals surface area contributed by atoms with Gasteiger partial charge in [0.1, 0.15) is 12.1 Å². The molecule has 9 nitrogen and oxygen atoms in total. The first kappa shape index (κ1) is 25.0. The summed E-state index contributed by atoms with van der Waals surface area (Å²) in [7, 11) is 1.78. The number of aromatic nitrogens is 3. The van der Waals surface area contributed by atoms with Crippen molar-refractivity contribution >= 4 is 11.8 Å². The van der Waals surface area contributed by atoms with Crippen molar-refractivity contribution in [3.05, 3.63) is 11.9 Å². The third-order valence-corrected chi connectivity index (χ3v) is 7.19. The fourth-order valence-electron chi connectivity index (χ4n) is 5.03. The standard InChI is InChI=1S/C23H36F2N6O3/c1-22(2,3)19(31-13-17(27-28-31)14-5-6-14)21(34)30-12-16(32)9-18(30)20(33)26-10-15-11-29(4)8-7-23(15,24)25/h13-16,18-19,32H,5-12H2,1-4H3,(H,26,33)/t15?,16-,18+,19-/m1/s1. The van der Waals surface area contributed by atoms with Crippen LogP contribution >= 0.6 is 0 Å². The van der Waals surface area contributed by atoms with Crippen LogP contribution in [0.15, 0.2) is 6.20 Å². The second-order valence-electron chi connectivity index (χ2n) is 11.3. The fourth-order valence-corrected chi connectivity index (χ4v) is 5.03. The van der Waals surface area contributed by atoms with E-state index in [-0.39, 0.29) is 38.4 Å². The molecule has 2 N–H and O–H groups in total. The van der Waals surface area contributed by atoms with E-state index in [1.165, 1.54) is 4.90 Å². The Morgan fingerprint density at radius 2 is 2.00 bits per heavy atom. The highest BCUT2D eigenvalue weighted by Gasteiger charge is 2.47. The summed E-state index contributed by atoms with van der Waals surface area (Å²) in [5, 5.41) is 21.4. The van der Waals surface area contributed by atoms with Crippen molar-refractivity contribution in [2.45, 2.75) is 76.5 Å². The molecule has 3 heterocycles. The minimum Gasteiger partial charge on any atom is -0.391 e. The number of nitrogens with zero attached hydrogens (tertiary/aromatic N) is 5. The number of amides is 2. The average Bonchev–Trinajstić information content (AvgIpc) is 3.35. The maximum atomic E-state index is 14.3. The first-order valence-electron chi connectivity index (χ1n) is 12.1. The quantitative estimate of drug-likeness (QED) is 0.636. The first-order valence-corrected chi connectivity index (χ1v) is 12.1. The minimum absolute atomic E-state index is 0.00993. The number of carbonyl (C=O) groups excluding carboxylic acids is 2. The van der Waals surface area contributed by atoms with Crippen LogP contribution in [0.25, 0.3) is 0 Å². The lowest BCUT2D eigenvalue weighted by atomic mass is 9.85. The van der Waals surface area contributed by atoms with E-state index in [0.717, 1.165) is 18.5 Å². The average molecular weight is 483 g/mol. The van der Waals surface area contributed by atoms with E-state index in [1.807, 2.05) is 25.7 Å². The summed E-state index contributed by atoms with van der Waals surface area (Å²) < 4.78 is 30.2. The van der Waals surface area contributed by atoms with E-state index in [4.69, 9.17) is 0 Å². The molecular weight excluding hydrogens is 446 g/mol. The maximum absolute atomic E-state index is 14.3. The van der Waals surface area contributed by atoms with Crippen LogP contribution in [0.5, 0.6) is 0 Å². The number of hydrogen-bond acceptors (Lipinski definition) is 6. The second-order valence-corrected chi connectivity index (χ2v) is 11.3. The number of halogens is 2. The summed E-state index contributed by atoms with van der Waals surface area (Å²) in [6, 6.07) is -1.64. The van der Waals surface area contributed by atoms with Gasteiger partial charge in [0.25, 0.3) is 5.92 Å². The Labute approximate surface area is 198 Å². The third kappa shape index (κ3) is 5.25. The molecule has 0 aromatic carbocycles. The predicted molar refractivity (Wildman–Crippen MR) is 120 cm³/mol. The summed E-state index contributed by atoms with van der Waals surface area (Å²) >= 11 is 0. The van der Waals surface area contributed by atoms with Crippen molar-refractivity contribution < 1.29 is 23.5 Å². The molecule has 3 aliphatic rings. The van der Waals surface area contributed by atoms with Crippen LogP contribution in [0.4, 0.5) is 8.78 Å². The van der Waals surface area contributed by atoms with Gasteiger partial charge >= 0.3 is 0 Å². The van der Waals surface area contributed by atoms with Gasteiger partial charge in [-0.2, -0.15) is 0 Å². The van der Waals surface area contributed by atoms with Crippen LogP contribution in [-0.4, -0.2) is 93.0 Å². The van der Waals surface area contributed by atoms with Crippen LogP contribution in [0.1, 0.15) is 64.1 Å². The molecule has 1 aromatic heterocycles. The first-order chi connectivity index (χ1) is 15.9. The van der Waals surface area contributed by atoms with Crippen LogP contribution in [-0.2, 0) is 9.59 Å². The molecule has 1 aliphatic carbocycles. The van der Waals surface area contributed by atoms with Gasteiger partial charge in [0.05, 0.1) is 17.7 Å². The zero-order chi connectivity index (χ0) is 24.8. The van der Waals surface area contributed by atoms with Crippen LogP contribution < -0.4 is 5.32 Å². The van der Waals surface area contributed by atoms with Crippen molar-refractivity contribution in [1.29, 1.82) is 0 Å². The van der Waals surface area contributed by atoms with Gasteiger partial charge in [-0.25, -0.2) is 13.5 Å². The molecule has 190 valence electrons. The number of alkyl halides is 2. The van der Waals surface area contributed by atoms with E-state index < -0.39 is 41.4 Å². The second kappa shape index (κ2) is 9.14. The van der Waals surface area contributed by atoms with Crippen molar-refractivity contribution in [2.24, 2.45) is 11.3 Å². The molecule has 2 amide bonds. The van der Waals surface area contributed by atoms with Crippen LogP contribution in [0, 0.1) is 11.3 Å². The van der Waals surface area contributed by atoms with Gasteiger partial charge in [0.15, 0.2) is 0 Å². The number of nitrogens with one attached hydrogen (secondary N) is 1. The third-order valence-electron chi connectivity index (χ3n) is 7.19. The van der Waals surface area contributed by atoms with E-state index in [2.05, 4.69) is 15.6 Å². The lowest BCUT2D eigenvalue weighted by Crippen LogP contribution is -2.54. The Morgan fingerprint density at radius 3 is 2.65 bits per heavy atom. The van der Waals surface area contributed by atoms with E-state index in [1.54, 1.807) is 17.9 Å². The SMILES string of the molecule is CN1CCC(F)(F)C(CNC(=O)[C@@H]2C[C@@H](O)CN2C(=O)[C@@H](n2cc(C3CC3)nn2)C(C)(C)C)C1. The number of hydrogen-bond donors (Lipinski definition) is 2. The molecule has 0 radical (unpaired) electrons. The number of carbonyl (C=O) groups is 2. The van der Waals surface area contributed by atoms with Gasteiger partial charge in [0.2, 0.25) is 11.8 Å². The van der Waals surface area contributed by atoms with Gasteiger partial charge in [0, 0.05) is 51.1 Å². The largest absolute Gasteiger partial charge is 0.391 e. The smallest absolute Gasteiger partial charge is 0.255 e. The van der Waals surface area contributed by atoms with Crippen LogP contribution in [0.2, 0.25) is 0 Å². The Hall–Kier alpha value is -2.14. The molecule has 4 rings (SSSR count). The summed E-state index contributed by atoms with van der Waals surface area (Å²) in [6.07, 6.45) is 2.88. The lowest BCUT2D eigenvalue weighted by Gasteiger charge is -2.37. The molecule has 4 atom stereocenters. The maximum Gasteiger partial charge on any atom is 0.255 e. The number of aliphatic hydroxyl groups is 1. The normalized spacial score (nSPS) is 28.7. The summed E-state index contributed by atoms with van der Waals surface area (Å²) in [4.78, 5) is 30.0. The molecule has 1 saturated carbocycles.